The third-order valence-corrected chi connectivity index (χ3v) is 9.93. The molecule has 0 aliphatic carbocycles. The molecule has 0 spiro atoms. The average Bonchev–Trinajstić information content (AvgIpc) is 2.86. The molecule has 1 saturated heterocycles. The normalized spacial score (nSPS) is 15.1. The van der Waals surface area contributed by atoms with Gasteiger partial charge in [0.25, 0.3) is 0 Å². The Morgan fingerprint density at radius 1 is 0.812 bits per heavy atom. The maximum atomic E-state index is 5.51. The molecule has 2 aromatic rings. The Morgan fingerprint density at radius 2 is 1.38 bits per heavy atom. The van der Waals surface area contributed by atoms with Crippen molar-refractivity contribution in [2.45, 2.75) is 27.7 Å². The molecule has 32 heavy (non-hydrogen) atoms. The molecule has 8 heteroatoms. The summed E-state index contributed by atoms with van der Waals surface area (Å²) in [5.74, 6) is 0. The molecular weight excluding hydrogens is 419 g/mol. The van der Waals surface area contributed by atoms with Crippen LogP contribution in [0.1, 0.15) is 27.7 Å². The van der Waals surface area contributed by atoms with E-state index in [0.717, 1.165) is 58.2 Å². The van der Waals surface area contributed by atoms with Gasteiger partial charge in [0.2, 0.25) is 0 Å². The molecule has 0 amide bonds. The number of hydrogen-bond acceptors (Lipinski definition) is 3. The van der Waals surface area contributed by atoms with Crippen molar-refractivity contribution in [1.29, 1.82) is 0 Å². The summed E-state index contributed by atoms with van der Waals surface area (Å²) in [7, 11) is -2.28. The Bertz CT molecular complexity index is 872. The number of anilines is 1. The van der Waals surface area contributed by atoms with E-state index in [0.29, 0.717) is 0 Å². The molecule has 1 fully saturated rings. The largest absolute Gasteiger partial charge is 0.378 e. The lowest BCUT2D eigenvalue weighted by Gasteiger charge is -2.42. The van der Waals surface area contributed by atoms with Crippen molar-refractivity contribution in [2.24, 2.45) is 15.2 Å². The molecule has 0 bridgehead atoms. The summed E-state index contributed by atoms with van der Waals surface area (Å²) < 4.78 is 10.4. The number of hydrogen-bond donors (Lipinski definition) is 0. The zero-order chi connectivity index (χ0) is 22.8. The second kappa shape index (κ2) is 12.3. The van der Waals surface area contributed by atoms with E-state index < -0.39 is 7.36 Å². The maximum Gasteiger partial charge on any atom is 0.156 e. The Balaban J connectivity index is 2.09. The van der Waals surface area contributed by atoms with E-state index in [1.807, 2.05) is 30.3 Å². The van der Waals surface area contributed by atoms with Gasteiger partial charge in [0, 0.05) is 50.3 Å². The van der Waals surface area contributed by atoms with Crippen LogP contribution < -0.4 is 10.2 Å². The highest BCUT2D eigenvalue weighted by atomic mass is 31.2. The molecule has 1 aliphatic rings. The fourth-order valence-electron chi connectivity index (χ4n) is 4.21. The highest BCUT2D eigenvalue weighted by Gasteiger charge is 2.34. The first-order valence-corrected chi connectivity index (χ1v) is 13.4. The zero-order valence-electron chi connectivity index (χ0n) is 19.9. The van der Waals surface area contributed by atoms with E-state index in [4.69, 9.17) is 9.59 Å². The first-order chi connectivity index (χ1) is 15.7. The summed E-state index contributed by atoms with van der Waals surface area (Å²) in [6.45, 7) is 15.8. The molecule has 7 nitrogen and oxygen atoms in total. The van der Waals surface area contributed by atoms with Gasteiger partial charge < -0.3 is 9.64 Å². The fourth-order valence-corrected chi connectivity index (χ4v) is 7.83. The van der Waals surface area contributed by atoms with Crippen molar-refractivity contribution < 1.29 is 4.74 Å². The fraction of sp³-hybridized carbons (Fsp3) is 0.500. The molecule has 174 valence electrons. The van der Waals surface area contributed by atoms with Crippen LogP contribution in [-0.2, 0) is 4.74 Å². The molecule has 3 rings (SSSR count). The topological polar surface area (TPSA) is 56.0 Å². The SMILES string of the molecule is CCN(CC)P(=NN=Nc1ccccc1)(c1ccc(N2CCOCC2)cc1)N(CC)CC. The molecule has 0 atom stereocenters. The summed E-state index contributed by atoms with van der Waals surface area (Å²) in [5, 5.41) is 10.1. The first-order valence-electron chi connectivity index (χ1n) is 11.7. The van der Waals surface area contributed by atoms with Crippen molar-refractivity contribution in [3.63, 3.8) is 0 Å². The van der Waals surface area contributed by atoms with E-state index in [-0.39, 0.29) is 0 Å². The van der Waals surface area contributed by atoms with Gasteiger partial charge in [0.05, 0.1) is 18.9 Å². The highest BCUT2D eigenvalue weighted by molar-refractivity contribution is 7.69. The Hall–Kier alpha value is -2.05. The monoisotopic (exact) mass is 456 g/mol. The van der Waals surface area contributed by atoms with Gasteiger partial charge in [-0.25, -0.2) is 0 Å². The van der Waals surface area contributed by atoms with E-state index in [9.17, 15) is 0 Å². The van der Waals surface area contributed by atoms with Crippen LogP contribution in [0, 0.1) is 0 Å². The smallest absolute Gasteiger partial charge is 0.156 e. The van der Waals surface area contributed by atoms with Crippen LogP contribution in [0.15, 0.2) is 69.8 Å². The van der Waals surface area contributed by atoms with Gasteiger partial charge in [-0.1, -0.05) is 45.9 Å². The van der Waals surface area contributed by atoms with Crippen molar-refractivity contribution in [3.05, 3.63) is 54.6 Å². The Labute approximate surface area is 193 Å². The molecule has 1 aliphatic heterocycles. The van der Waals surface area contributed by atoms with Gasteiger partial charge >= 0.3 is 0 Å². The van der Waals surface area contributed by atoms with Crippen molar-refractivity contribution in [2.75, 3.05) is 57.4 Å². The summed E-state index contributed by atoms with van der Waals surface area (Å²) >= 11 is 0. The Kier molecular flexibility index (Phi) is 9.42. The molecule has 0 radical (unpaired) electrons. The van der Waals surface area contributed by atoms with Gasteiger partial charge in [-0.3, -0.25) is 9.34 Å². The minimum atomic E-state index is -2.28. The second-order valence-electron chi connectivity index (χ2n) is 7.58. The lowest BCUT2D eigenvalue weighted by molar-refractivity contribution is 0.122. The number of ether oxygens (including phenoxy) is 1. The third-order valence-electron chi connectivity index (χ3n) is 5.90. The second-order valence-corrected chi connectivity index (χ2v) is 10.5. The number of morpholine rings is 1. The average molecular weight is 457 g/mol. The molecule has 0 N–H and O–H groups in total. The summed E-state index contributed by atoms with van der Waals surface area (Å²) in [5.41, 5.74) is 2.05. The molecular formula is C24H37N6OP. The molecule has 0 aromatic heterocycles. The molecule has 1 heterocycles. The standard InChI is InChI=1S/C24H37N6OP/c1-5-29(6-2)32(30(7-3)8-4,27-26-25-22-12-10-9-11-13-22)24-16-14-23(15-17-24)28-18-20-31-21-19-28/h9-17H,5-8,18-21H2,1-4H3. The minimum absolute atomic E-state index is 0.785. The van der Waals surface area contributed by atoms with E-state index in [1.165, 1.54) is 11.0 Å². The molecule has 2 aromatic carbocycles. The van der Waals surface area contributed by atoms with Crippen LogP contribution >= 0.6 is 7.36 Å². The van der Waals surface area contributed by atoms with Gasteiger partial charge in [-0.2, -0.15) is 0 Å². The first kappa shape index (κ1) is 24.6. The van der Waals surface area contributed by atoms with Crippen molar-refractivity contribution in [1.82, 2.24) is 9.34 Å². The predicted molar refractivity (Wildman–Crippen MR) is 135 cm³/mol. The van der Waals surface area contributed by atoms with E-state index in [2.05, 4.69) is 76.5 Å². The number of nitrogens with zero attached hydrogens (tertiary/aromatic N) is 6. The predicted octanol–water partition coefficient (Wildman–Crippen LogP) is 5.56. The summed E-state index contributed by atoms with van der Waals surface area (Å²) in [6, 6.07) is 18.8. The Morgan fingerprint density at radius 3 is 1.91 bits per heavy atom. The van der Waals surface area contributed by atoms with Gasteiger partial charge in [-0.15, -0.1) is 9.97 Å². The van der Waals surface area contributed by atoms with Crippen LogP contribution in [0.3, 0.4) is 0 Å². The van der Waals surface area contributed by atoms with Crippen molar-refractivity contribution in [3.8, 4) is 0 Å². The van der Waals surface area contributed by atoms with E-state index in [1.54, 1.807) is 0 Å². The van der Waals surface area contributed by atoms with E-state index >= 15 is 0 Å². The quantitative estimate of drug-likeness (QED) is 0.267. The number of rotatable bonds is 10. The lowest BCUT2D eigenvalue weighted by Crippen LogP contribution is -2.38. The summed E-state index contributed by atoms with van der Waals surface area (Å²) in [6.07, 6.45) is 0. The van der Waals surface area contributed by atoms with Gasteiger partial charge in [0.15, 0.2) is 7.36 Å². The summed E-state index contributed by atoms with van der Waals surface area (Å²) in [4.78, 5) is 7.42. The van der Waals surface area contributed by atoms with Crippen LogP contribution in [0.25, 0.3) is 0 Å². The van der Waals surface area contributed by atoms with Crippen LogP contribution in [-0.4, -0.2) is 61.8 Å². The van der Waals surface area contributed by atoms with Crippen molar-refractivity contribution >= 4 is 24.0 Å². The molecule has 0 unspecified atom stereocenters. The van der Waals surface area contributed by atoms with Crippen LogP contribution in [0.2, 0.25) is 0 Å². The van der Waals surface area contributed by atoms with Gasteiger partial charge in [-0.05, 0) is 41.6 Å². The minimum Gasteiger partial charge on any atom is -0.378 e. The van der Waals surface area contributed by atoms with Crippen LogP contribution in [0.4, 0.5) is 11.4 Å². The number of benzene rings is 2. The lowest BCUT2D eigenvalue weighted by atomic mass is 10.2. The third kappa shape index (κ3) is 5.46. The maximum absolute atomic E-state index is 5.51. The zero-order valence-corrected chi connectivity index (χ0v) is 20.8. The van der Waals surface area contributed by atoms with Crippen LogP contribution in [0.5, 0.6) is 0 Å². The molecule has 0 saturated carbocycles. The van der Waals surface area contributed by atoms with Gasteiger partial charge in [0.1, 0.15) is 0 Å². The highest BCUT2D eigenvalue weighted by Crippen LogP contribution is 2.55.